The first kappa shape index (κ1) is 18.7. The van der Waals surface area contributed by atoms with Crippen molar-refractivity contribution in [3.8, 4) is 0 Å². The fourth-order valence-corrected chi connectivity index (χ4v) is 3.94. The van der Waals surface area contributed by atoms with Crippen LogP contribution < -0.4 is 5.32 Å². The number of benzene rings is 1. The highest BCUT2D eigenvalue weighted by molar-refractivity contribution is 6.04. The summed E-state index contributed by atoms with van der Waals surface area (Å²) >= 11 is 0. The lowest BCUT2D eigenvalue weighted by Crippen LogP contribution is -2.41. The number of aryl methyl sites for hydroxylation is 2. The van der Waals surface area contributed by atoms with E-state index >= 15 is 0 Å². The summed E-state index contributed by atoms with van der Waals surface area (Å²) in [6.45, 7) is 6.92. The topological polar surface area (TPSA) is 76.5 Å². The van der Waals surface area contributed by atoms with Gasteiger partial charge in [-0.2, -0.15) is 0 Å². The molecule has 1 fully saturated rings. The Morgan fingerprint density at radius 1 is 1.11 bits per heavy atom. The van der Waals surface area contributed by atoms with Gasteiger partial charge in [-0.1, -0.05) is 17.7 Å². The number of nitrogens with zero attached hydrogens (tertiary/aromatic N) is 3. The van der Waals surface area contributed by atoms with Crippen LogP contribution in [-0.2, 0) is 17.7 Å². The molecule has 2 aliphatic rings. The molecular weight excluding hydrogens is 356 g/mol. The molecule has 2 aliphatic heterocycles. The SMILES string of the molecule is Cc1ccc(NC(=O)c2nc(C(=O)N3CCOCC3)c3n2CCCC3)c(C)c1. The molecule has 0 radical (unpaired) electrons. The Kier molecular flexibility index (Phi) is 5.17. The van der Waals surface area contributed by atoms with Crippen molar-refractivity contribution in [2.75, 3.05) is 31.6 Å². The summed E-state index contributed by atoms with van der Waals surface area (Å²) in [5.41, 5.74) is 4.22. The van der Waals surface area contributed by atoms with Crippen molar-refractivity contribution >= 4 is 17.5 Å². The second kappa shape index (κ2) is 7.75. The summed E-state index contributed by atoms with van der Waals surface area (Å²) in [7, 11) is 0. The third kappa shape index (κ3) is 3.54. The summed E-state index contributed by atoms with van der Waals surface area (Å²) in [4.78, 5) is 32.3. The van der Waals surface area contributed by atoms with Crippen molar-refractivity contribution in [2.45, 2.75) is 39.7 Å². The summed E-state index contributed by atoms with van der Waals surface area (Å²) < 4.78 is 7.27. The van der Waals surface area contributed by atoms with Gasteiger partial charge in [-0.15, -0.1) is 0 Å². The molecule has 148 valence electrons. The van der Waals surface area contributed by atoms with E-state index in [1.807, 2.05) is 36.6 Å². The van der Waals surface area contributed by atoms with E-state index in [0.29, 0.717) is 44.4 Å². The quantitative estimate of drug-likeness (QED) is 0.885. The Morgan fingerprint density at radius 3 is 2.64 bits per heavy atom. The first-order chi connectivity index (χ1) is 13.5. The highest BCUT2D eigenvalue weighted by Gasteiger charge is 2.30. The van der Waals surface area contributed by atoms with E-state index < -0.39 is 0 Å². The molecule has 0 unspecified atom stereocenters. The molecule has 7 nitrogen and oxygen atoms in total. The fraction of sp³-hybridized carbons (Fsp3) is 0.476. The number of carbonyl (C=O) groups is 2. The number of ether oxygens (including phenoxy) is 1. The molecule has 2 aromatic rings. The molecule has 1 aromatic heterocycles. The van der Waals surface area contributed by atoms with Crippen LogP contribution in [0.2, 0.25) is 0 Å². The number of morpholine rings is 1. The van der Waals surface area contributed by atoms with Crippen LogP contribution in [0.5, 0.6) is 0 Å². The van der Waals surface area contributed by atoms with Crippen LogP contribution in [0, 0.1) is 13.8 Å². The minimum Gasteiger partial charge on any atom is -0.378 e. The Hall–Kier alpha value is -2.67. The maximum atomic E-state index is 13.0. The van der Waals surface area contributed by atoms with E-state index in [-0.39, 0.29) is 11.8 Å². The molecule has 2 amide bonds. The minimum absolute atomic E-state index is 0.0977. The standard InChI is InChI=1S/C21H26N4O3/c1-14-6-7-16(15(2)13-14)22-20(26)19-23-18(17-5-3-4-8-25(17)19)21(27)24-9-11-28-12-10-24/h6-7,13H,3-5,8-12H2,1-2H3,(H,22,26). The van der Waals surface area contributed by atoms with Crippen LogP contribution in [-0.4, -0.2) is 52.6 Å². The van der Waals surface area contributed by atoms with Gasteiger partial charge in [-0.25, -0.2) is 4.98 Å². The molecule has 4 rings (SSSR count). The monoisotopic (exact) mass is 382 g/mol. The first-order valence-corrected chi connectivity index (χ1v) is 9.89. The number of aromatic nitrogens is 2. The number of hydrogen-bond donors (Lipinski definition) is 1. The van der Waals surface area contributed by atoms with Crippen molar-refractivity contribution in [1.29, 1.82) is 0 Å². The van der Waals surface area contributed by atoms with Gasteiger partial charge in [0.25, 0.3) is 11.8 Å². The molecule has 0 saturated carbocycles. The molecule has 0 spiro atoms. The van der Waals surface area contributed by atoms with Crippen LogP contribution in [0.1, 0.15) is 50.8 Å². The number of nitrogens with one attached hydrogen (secondary N) is 1. The van der Waals surface area contributed by atoms with Gasteiger partial charge in [-0.05, 0) is 44.7 Å². The molecule has 1 aromatic carbocycles. The Morgan fingerprint density at radius 2 is 1.89 bits per heavy atom. The largest absolute Gasteiger partial charge is 0.378 e. The van der Waals surface area contributed by atoms with Gasteiger partial charge in [0.2, 0.25) is 0 Å². The lowest BCUT2D eigenvalue weighted by atomic mass is 10.1. The van der Waals surface area contributed by atoms with E-state index in [2.05, 4.69) is 10.3 Å². The average Bonchev–Trinajstić information content (AvgIpc) is 3.10. The molecule has 3 heterocycles. The van der Waals surface area contributed by atoms with Crippen molar-refractivity contribution < 1.29 is 14.3 Å². The van der Waals surface area contributed by atoms with Gasteiger partial charge in [0.15, 0.2) is 5.82 Å². The van der Waals surface area contributed by atoms with Crippen LogP contribution in [0.15, 0.2) is 18.2 Å². The summed E-state index contributed by atoms with van der Waals surface area (Å²) in [6.07, 6.45) is 2.76. The number of fused-ring (bicyclic) bond motifs is 1. The van der Waals surface area contributed by atoms with Gasteiger partial charge in [0.1, 0.15) is 5.69 Å². The molecule has 0 atom stereocenters. The number of anilines is 1. The van der Waals surface area contributed by atoms with E-state index in [0.717, 1.165) is 41.8 Å². The molecule has 1 N–H and O–H groups in total. The van der Waals surface area contributed by atoms with Crippen LogP contribution >= 0.6 is 0 Å². The van der Waals surface area contributed by atoms with Crippen molar-refractivity contribution in [1.82, 2.24) is 14.5 Å². The van der Waals surface area contributed by atoms with Gasteiger partial charge >= 0.3 is 0 Å². The number of rotatable bonds is 3. The van der Waals surface area contributed by atoms with E-state index in [1.165, 1.54) is 0 Å². The third-order valence-corrected chi connectivity index (χ3v) is 5.45. The summed E-state index contributed by atoms with van der Waals surface area (Å²) in [6, 6.07) is 5.91. The Labute approximate surface area is 164 Å². The number of imidazole rings is 1. The normalized spacial score (nSPS) is 16.6. The summed E-state index contributed by atoms with van der Waals surface area (Å²) in [5, 5.41) is 2.97. The first-order valence-electron chi connectivity index (χ1n) is 9.89. The van der Waals surface area contributed by atoms with Gasteiger partial charge < -0.3 is 19.5 Å². The third-order valence-electron chi connectivity index (χ3n) is 5.45. The van der Waals surface area contributed by atoms with E-state index in [1.54, 1.807) is 4.90 Å². The van der Waals surface area contributed by atoms with Crippen molar-refractivity contribution in [3.05, 3.63) is 46.5 Å². The minimum atomic E-state index is -0.267. The van der Waals surface area contributed by atoms with Crippen molar-refractivity contribution in [2.24, 2.45) is 0 Å². The highest BCUT2D eigenvalue weighted by atomic mass is 16.5. The molecule has 1 saturated heterocycles. The second-order valence-corrected chi connectivity index (χ2v) is 7.52. The highest BCUT2D eigenvalue weighted by Crippen LogP contribution is 2.24. The average molecular weight is 382 g/mol. The van der Waals surface area contributed by atoms with Crippen molar-refractivity contribution in [3.63, 3.8) is 0 Å². The van der Waals surface area contributed by atoms with E-state index in [4.69, 9.17) is 4.74 Å². The lowest BCUT2D eigenvalue weighted by molar-refractivity contribution is 0.0298. The predicted octanol–water partition coefficient (Wildman–Crippen LogP) is 2.56. The zero-order valence-electron chi connectivity index (χ0n) is 16.5. The predicted molar refractivity (Wildman–Crippen MR) is 106 cm³/mol. The molecule has 0 aliphatic carbocycles. The molecule has 28 heavy (non-hydrogen) atoms. The summed E-state index contributed by atoms with van der Waals surface area (Å²) in [5.74, 6) is -0.0399. The van der Waals surface area contributed by atoms with Gasteiger partial charge in [0.05, 0.1) is 18.9 Å². The maximum Gasteiger partial charge on any atom is 0.291 e. The maximum absolute atomic E-state index is 13.0. The van der Waals surface area contributed by atoms with E-state index in [9.17, 15) is 9.59 Å². The molecule has 7 heteroatoms. The fourth-order valence-electron chi connectivity index (χ4n) is 3.94. The lowest BCUT2D eigenvalue weighted by Gasteiger charge is -2.26. The second-order valence-electron chi connectivity index (χ2n) is 7.52. The number of hydrogen-bond acceptors (Lipinski definition) is 4. The molecule has 0 bridgehead atoms. The smallest absolute Gasteiger partial charge is 0.291 e. The zero-order chi connectivity index (χ0) is 19.7. The number of amides is 2. The number of carbonyl (C=O) groups excluding carboxylic acids is 2. The molecular formula is C21H26N4O3. The zero-order valence-corrected chi connectivity index (χ0v) is 16.5. The van der Waals surface area contributed by atoms with Gasteiger partial charge in [0, 0.05) is 25.3 Å². The Bertz CT molecular complexity index is 913. The van der Waals surface area contributed by atoms with Crippen LogP contribution in [0.25, 0.3) is 0 Å². The van der Waals surface area contributed by atoms with Crippen LogP contribution in [0.4, 0.5) is 5.69 Å². The Balaban J connectivity index is 1.64. The van der Waals surface area contributed by atoms with Crippen LogP contribution in [0.3, 0.4) is 0 Å². The van der Waals surface area contributed by atoms with Gasteiger partial charge in [-0.3, -0.25) is 9.59 Å².